The molecule has 1 aromatic carbocycles. The minimum atomic E-state index is -0.0165. The number of hydrogen-bond donors (Lipinski definition) is 1. The highest BCUT2D eigenvalue weighted by Crippen LogP contribution is 2.33. The van der Waals surface area contributed by atoms with Crippen LogP contribution in [0.2, 0.25) is 0 Å². The highest BCUT2D eigenvalue weighted by atomic mass is 32.1. The first-order valence-electron chi connectivity index (χ1n) is 6.21. The molecular formula is C15H19NO2S. The second-order valence-electron chi connectivity index (χ2n) is 5.44. The number of ether oxygens (including phenoxy) is 1. The van der Waals surface area contributed by atoms with Gasteiger partial charge in [-0.2, -0.15) is 0 Å². The van der Waals surface area contributed by atoms with Crippen LogP contribution in [0.3, 0.4) is 0 Å². The first-order valence-corrected chi connectivity index (χ1v) is 7.03. The van der Waals surface area contributed by atoms with Crippen LogP contribution in [0.1, 0.15) is 31.2 Å². The van der Waals surface area contributed by atoms with Crippen molar-refractivity contribution in [3.8, 4) is 16.5 Å². The number of nitrogens with zero attached hydrogens (tertiary/aromatic N) is 1. The molecule has 0 unspecified atom stereocenters. The minimum absolute atomic E-state index is 0.0165. The summed E-state index contributed by atoms with van der Waals surface area (Å²) in [7, 11) is 1.59. The maximum atomic E-state index is 9.39. The van der Waals surface area contributed by atoms with Crippen LogP contribution in [0, 0.1) is 0 Å². The Morgan fingerprint density at radius 3 is 2.32 bits per heavy atom. The van der Waals surface area contributed by atoms with Crippen LogP contribution >= 0.6 is 11.3 Å². The zero-order valence-corrected chi connectivity index (χ0v) is 12.5. The van der Waals surface area contributed by atoms with Crippen LogP contribution in [-0.2, 0) is 12.0 Å². The Labute approximate surface area is 117 Å². The summed E-state index contributed by atoms with van der Waals surface area (Å²) in [5.74, 6) is 0. The second-order valence-corrected chi connectivity index (χ2v) is 6.49. The molecule has 2 rings (SSSR count). The van der Waals surface area contributed by atoms with Crippen LogP contribution in [0.15, 0.2) is 24.3 Å². The van der Waals surface area contributed by atoms with Crippen LogP contribution in [0.5, 0.6) is 5.19 Å². The topological polar surface area (TPSA) is 42.4 Å². The van der Waals surface area contributed by atoms with Gasteiger partial charge in [-0.15, -0.1) is 0 Å². The van der Waals surface area contributed by atoms with Gasteiger partial charge < -0.3 is 9.84 Å². The van der Waals surface area contributed by atoms with Crippen molar-refractivity contribution in [2.45, 2.75) is 32.8 Å². The van der Waals surface area contributed by atoms with Gasteiger partial charge in [0.15, 0.2) is 0 Å². The van der Waals surface area contributed by atoms with E-state index in [1.165, 1.54) is 16.9 Å². The molecule has 0 amide bonds. The highest BCUT2D eigenvalue weighted by molar-refractivity contribution is 7.13. The van der Waals surface area contributed by atoms with Gasteiger partial charge in [-0.3, -0.25) is 0 Å². The van der Waals surface area contributed by atoms with Gasteiger partial charge in [-0.25, -0.2) is 4.98 Å². The van der Waals surface area contributed by atoms with Crippen molar-refractivity contribution >= 4 is 11.3 Å². The van der Waals surface area contributed by atoms with Crippen molar-refractivity contribution in [2.75, 3.05) is 7.11 Å². The standard InChI is InChI=1S/C15H19NO2S/c1-15(2,3)11-7-5-10(6-8-11)13-12(9-17)19-14(16-13)18-4/h5-8,17H,9H2,1-4H3. The summed E-state index contributed by atoms with van der Waals surface area (Å²) in [5.41, 5.74) is 3.24. The highest BCUT2D eigenvalue weighted by Gasteiger charge is 2.16. The zero-order valence-electron chi connectivity index (χ0n) is 11.7. The Balaban J connectivity index is 2.39. The van der Waals surface area contributed by atoms with E-state index in [0.29, 0.717) is 5.19 Å². The summed E-state index contributed by atoms with van der Waals surface area (Å²) in [6.45, 7) is 6.55. The fourth-order valence-corrected chi connectivity index (χ4v) is 2.63. The maximum absolute atomic E-state index is 9.39. The fourth-order valence-electron chi connectivity index (χ4n) is 1.88. The largest absolute Gasteiger partial charge is 0.473 e. The van der Waals surface area contributed by atoms with E-state index in [1.54, 1.807) is 7.11 Å². The summed E-state index contributed by atoms with van der Waals surface area (Å²) in [5, 5.41) is 9.97. The van der Waals surface area contributed by atoms with Gasteiger partial charge in [0.25, 0.3) is 5.19 Å². The van der Waals surface area contributed by atoms with Gasteiger partial charge >= 0.3 is 0 Å². The van der Waals surface area contributed by atoms with Crippen molar-refractivity contribution in [3.05, 3.63) is 34.7 Å². The Morgan fingerprint density at radius 1 is 1.21 bits per heavy atom. The lowest BCUT2D eigenvalue weighted by Gasteiger charge is -2.19. The Kier molecular flexibility index (Phi) is 3.92. The average Bonchev–Trinajstić information content (AvgIpc) is 2.81. The third-order valence-electron chi connectivity index (χ3n) is 3.02. The van der Waals surface area contributed by atoms with Crippen molar-refractivity contribution in [2.24, 2.45) is 0 Å². The molecule has 0 saturated carbocycles. The zero-order chi connectivity index (χ0) is 14.0. The molecule has 0 fully saturated rings. The number of aliphatic hydroxyl groups excluding tert-OH is 1. The Bertz CT molecular complexity index is 553. The van der Waals surface area contributed by atoms with Crippen molar-refractivity contribution in [1.29, 1.82) is 0 Å². The third-order valence-corrected chi connectivity index (χ3v) is 4.02. The molecule has 0 aliphatic heterocycles. The summed E-state index contributed by atoms with van der Waals surface area (Å²) >= 11 is 1.38. The van der Waals surface area contributed by atoms with Gasteiger partial charge in [-0.1, -0.05) is 56.4 Å². The molecule has 0 aliphatic rings. The number of rotatable bonds is 3. The monoisotopic (exact) mass is 277 g/mol. The quantitative estimate of drug-likeness (QED) is 0.932. The number of benzene rings is 1. The number of aromatic nitrogens is 1. The van der Waals surface area contributed by atoms with Crippen LogP contribution in [0.4, 0.5) is 0 Å². The predicted molar refractivity (Wildman–Crippen MR) is 78.7 cm³/mol. The molecule has 1 heterocycles. The van der Waals surface area contributed by atoms with E-state index in [4.69, 9.17) is 4.74 Å². The number of hydrogen-bond acceptors (Lipinski definition) is 4. The normalized spacial score (nSPS) is 11.6. The van der Waals surface area contributed by atoms with E-state index in [0.717, 1.165) is 16.1 Å². The minimum Gasteiger partial charge on any atom is -0.473 e. The van der Waals surface area contributed by atoms with Gasteiger partial charge in [0.1, 0.15) is 0 Å². The van der Waals surface area contributed by atoms with Crippen molar-refractivity contribution < 1.29 is 9.84 Å². The molecule has 1 aromatic heterocycles. The maximum Gasteiger partial charge on any atom is 0.273 e. The van der Waals surface area contributed by atoms with E-state index in [1.807, 2.05) is 12.1 Å². The lowest BCUT2D eigenvalue weighted by Crippen LogP contribution is -2.10. The molecule has 4 heteroatoms. The average molecular weight is 277 g/mol. The summed E-state index contributed by atoms with van der Waals surface area (Å²) in [6.07, 6.45) is 0. The molecule has 0 bridgehead atoms. The van der Waals surface area contributed by atoms with Crippen molar-refractivity contribution in [1.82, 2.24) is 4.98 Å². The molecular weight excluding hydrogens is 258 g/mol. The Hall–Kier alpha value is -1.39. The SMILES string of the molecule is COc1nc(-c2ccc(C(C)(C)C)cc2)c(CO)s1. The fraction of sp³-hybridized carbons (Fsp3) is 0.400. The van der Waals surface area contributed by atoms with Crippen LogP contribution in [-0.4, -0.2) is 17.2 Å². The van der Waals surface area contributed by atoms with E-state index in [-0.39, 0.29) is 12.0 Å². The molecule has 0 atom stereocenters. The lowest BCUT2D eigenvalue weighted by atomic mass is 9.86. The van der Waals surface area contributed by atoms with Gasteiger partial charge in [-0.05, 0) is 11.0 Å². The molecule has 2 aromatic rings. The second kappa shape index (κ2) is 5.31. The van der Waals surface area contributed by atoms with E-state index in [9.17, 15) is 5.11 Å². The van der Waals surface area contributed by atoms with Crippen molar-refractivity contribution in [3.63, 3.8) is 0 Å². The van der Waals surface area contributed by atoms with E-state index in [2.05, 4.69) is 37.9 Å². The number of thiazole rings is 1. The third kappa shape index (κ3) is 2.96. The first-order chi connectivity index (χ1) is 8.95. The molecule has 0 aliphatic carbocycles. The van der Waals surface area contributed by atoms with Gasteiger partial charge in [0.2, 0.25) is 0 Å². The summed E-state index contributed by atoms with van der Waals surface area (Å²) in [4.78, 5) is 5.23. The number of aliphatic hydroxyl groups is 1. The predicted octanol–water partition coefficient (Wildman–Crippen LogP) is 3.61. The summed E-state index contributed by atoms with van der Waals surface area (Å²) < 4.78 is 5.13. The summed E-state index contributed by atoms with van der Waals surface area (Å²) in [6, 6.07) is 8.33. The Morgan fingerprint density at radius 2 is 1.84 bits per heavy atom. The molecule has 102 valence electrons. The first kappa shape index (κ1) is 14.0. The molecule has 0 spiro atoms. The smallest absolute Gasteiger partial charge is 0.273 e. The molecule has 3 nitrogen and oxygen atoms in total. The van der Waals surface area contributed by atoms with E-state index >= 15 is 0 Å². The number of methoxy groups -OCH3 is 1. The van der Waals surface area contributed by atoms with E-state index < -0.39 is 0 Å². The van der Waals surface area contributed by atoms with Crippen LogP contribution < -0.4 is 4.74 Å². The molecule has 0 saturated heterocycles. The lowest BCUT2D eigenvalue weighted by molar-refractivity contribution is 0.286. The van der Waals surface area contributed by atoms with Gasteiger partial charge in [0, 0.05) is 5.56 Å². The molecule has 1 N–H and O–H groups in total. The molecule has 19 heavy (non-hydrogen) atoms. The van der Waals surface area contributed by atoms with Gasteiger partial charge in [0.05, 0.1) is 24.3 Å². The molecule has 0 radical (unpaired) electrons. The van der Waals surface area contributed by atoms with Crippen LogP contribution in [0.25, 0.3) is 11.3 Å².